The summed E-state index contributed by atoms with van der Waals surface area (Å²) in [5.41, 5.74) is 2.39. The van der Waals surface area contributed by atoms with Crippen LogP contribution < -0.4 is 10.4 Å². The van der Waals surface area contributed by atoms with Gasteiger partial charge in [0.05, 0.1) is 6.04 Å². The van der Waals surface area contributed by atoms with Gasteiger partial charge in [0.15, 0.2) is 11.4 Å². The topological polar surface area (TPSA) is 65.8 Å². The fourth-order valence-electron chi connectivity index (χ4n) is 4.39. The third-order valence-electron chi connectivity index (χ3n) is 6.02. The molecule has 1 aromatic heterocycles. The van der Waals surface area contributed by atoms with Crippen LogP contribution in [0.25, 0.3) is 0 Å². The Morgan fingerprint density at radius 3 is 2.66 bits per heavy atom. The number of fused-ring (bicyclic) bond motifs is 3. The Kier molecular flexibility index (Phi) is 4.97. The number of carbonyl (C=O) groups is 1. The lowest BCUT2D eigenvalue weighted by molar-refractivity contribution is 0.0621. The van der Waals surface area contributed by atoms with Gasteiger partial charge in [-0.15, -0.1) is 11.8 Å². The molecule has 32 heavy (non-hydrogen) atoms. The summed E-state index contributed by atoms with van der Waals surface area (Å²) < 4.78 is 15.7. The van der Waals surface area contributed by atoms with Gasteiger partial charge >= 0.3 is 0 Å². The van der Waals surface area contributed by atoms with Crippen LogP contribution >= 0.6 is 11.8 Å². The summed E-state index contributed by atoms with van der Waals surface area (Å²) >= 11 is 1.57. The van der Waals surface area contributed by atoms with Crippen molar-refractivity contribution in [3.05, 3.63) is 93.2 Å². The summed E-state index contributed by atoms with van der Waals surface area (Å²) in [6.45, 7) is 4.03. The van der Waals surface area contributed by atoms with Crippen LogP contribution in [0, 0.1) is 5.82 Å². The van der Waals surface area contributed by atoms with Crippen LogP contribution in [0.3, 0.4) is 0 Å². The van der Waals surface area contributed by atoms with Crippen LogP contribution in [0.1, 0.15) is 47.1 Å². The molecule has 2 aliphatic rings. The van der Waals surface area contributed by atoms with E-state index in [-0.39, 0.29) is 30.3 Å². The summed E-state index contributed by atoms with van der Waals surface area (Å²) in [6, 6.07) is 13.5. The van der Waals surface area contributed by atoms with Gasteiger partial charge in [0.2, 0.25) is 5.43 Å². The van der Waals surface area contributed by atoms with Crippen molar-refractivity contribution in [2.24, 2.45) is 0 Å². The van der Waals surface area contributed by atoms with E-state index in [2.05, 4.69) is 6.07 Å². The number of hydrogen-bond donors (Lipinski definition) is 1. The maximum absolute atomic E-state index is 14.1. The summed E-state index contributed by atoms with van der Waals surface area (Å²) in [4.78, 5) is 27.8. The van der Waals surface area contributed by atoms with Gasteiger partial charge in [-0.3, -0.25) is 19.3 Å². The number of nitrogens with zero attached hydrogens (tertiary/aromatic N) is 3. The molecule has 3 aromatic rings. The Morgan fingerprint density at radius 1 is 1.09 bits per heavy atom. The molecule has 0 aliphatic carbocycles. The molecule has 5 rings (SSSR count). The van der Waals surface area contributed by atoms with E-state index in [4.69, 9.17) is 0 Å². The predicted octanol–water partition coefficient (Wildman–Crippen LogP) is 3.85. The molecule has 1 amide bonds. The monoisotopic (exact) mass is 451 g/mol. The molecule has 164 valence electrons. The average molecular weight is 452 g/mol. The first-order valence-electron chi connectivity index (χ1n) is 10.4. The molecule has 2 aliphatic heterocycles. The molecule has 0 radical (unpaired) electrons. The van der Waals surface area contributed by atoms with Gasteiger partial charge in [-0.1, -0.05) is 30.3 Å². The Morgan fingerprint density at radius 2 is 1.88 bits per heavy atom. The minimum Gasteiger partial charge on any atom is -0.502 e. The van der Waals surface area contributed by atoms with Crippen molar-refractivity contribution in [2.75, 3.05) is 11.7 Å². The van der Waals surface area contributed by atoms with Crippen LogP contribution in [0.4, 0.5) is 4.39 Å². The van der Waals surface area contributed by atoms with E-state index in [9.17, 15) is 19.1 Å². The second-order valence-electron chi connectivity index (χ2n) is 8.24. The highest BCUT2D eigenvalue weighted by atomic mass is 32.2. The average Bonchev–Trinajstić information content (AvgIpc) is 2.93. The third kappa shape index (κ3) is 3.17. The number of rotatable bonds is 2. The van der Waals surface area contributed by atoms with E-state index in [0.717, 1.165) is 21.6 Å². The van der Waals surface area contributed by atoms with Crippen molar-refractivity contribution in [1.82, 2.24) is 9.58 Å². The SMILES string of the molecule is CC(C)N1CN(C2c3ccccc3CSc3cc(F)ccc32)n2ccc(=O)c(O)c2C1=O. The zero-order valence-corrected chi connectivity index (χ0v) is 18.5. The molecule has 0 spiro atoms. The molecular formula is C24H22FN3O3S. The van der Waals surface area contributed by atoms with Crippen molar-refractivity contribution < 1.29 is 14.3 Å². The Hall–Kier alpha value is -3.26. The molecule has 8 heteroatoms. The van der Waals surface area contributed by atoms with Gasteiger partial charge < -0.3 is 10.0 Å². The number of amides is 1. The first kappa shape index (κ1) is 20.6. The predicted molar refractivity (Wildman–Crippen MR) is 121 cm³/mol. The van der Waals surface area contributed by atoms with E-state index >= 15 is 0 Å². The smallest absolute Gasteiger partial charge is 0.278 e. The highest BCUT2D eigenvalue weighted by Gasteiger charge is 2.39. The largest absolute Gasteiger partial charge is 0.502 e. The zero-order valence-electron chi connectivity index (χ0n) is 17.7. The van der Waals surface area contributed by atoms with Gasteiger partial charge in [-0.05, 0) is 42.7 Å². The second kappa shape index (κ2) is 7.70. The zero-order chi connectivity index (χ0) is 22.6. The van der Waals surface area contributed by atoms with Crippen molar-refractivity contribution in [3.63, 3.8) is 0 Å². The van der Waals surface area contributed by atoms with E-state index < -0.39 is 17.1 Å². The van der Waals surface area contributed by atoms with E-state index in [1.54, 1.807) is 27.4 Å². The van der Waals surface area contributed by atoms with Crippen molar-refractivity contribution in [2.45, 2.75) is 36.6 Å². The van der Waals surface area contributed by atoms with E-state index in [1.807, 2.05) is 37.1 Å². The quantitative estimate of drug-likeness (QED) is 0.641. The van der Waals surface area contributed by atoms with E-state index in [1.165, 1.54) is 24.4 Å². The lowest BCUT2D eigenvalue weighted by atomic mass is 9.94. The van der Waals surface area contributed by atoms with Crippen LogP contribution in [0.15, 0.2) is 64.4 Å². The van der Waals surface area contributed by atoms with Gasteiger partial charge in [0.1, 0.15) is 12.5 Å². The maximum atomic E-state index is 14.1. The number of carbonyl (C=O) groups excluding carboxylic acids is 1. The summed E-state index contributed by atoms with van der Waals surface area (Å²) in [6.07, 6.45) is 1.52. The number of benzene rings is 2. The minimum atomic E-state index is -0.602. The van der Waals surface area contributed by atoms with E-state index in [0.29, 0.717) is 5.75 Å². The van der Waals surface area contributed by atoms with Gasteiger partial charge in [0, 0.05) is 29.0 Å². The van der Waals surface area contributed by atoms with Crippen LogP contribution in [0.2, 0.25) is 0 Å². The molecule has 0 bridgehead atoms. The molecule has 0 saturated carbocycles. The van der Waals surface area contributed by atoms with Crippen molar-refractivity contribution in [1.29, 1.82) is 0 Å². The van der Waals surface area contributed by atoms with Gasteiger partial charge in [-0.25, -0.2) is 4.39 Å². The number of aromatic nitrogens is 1. The van der Waals surface area contributed by atoms with Crippen molar-refractivity contribution in [3.8, 4) is 5.75 Å². The standard InChI is InChI=1S/C24H22FN3O3S/c1-14(2)26-13-28(27-10-9-19(29)23(30)22(27)24(26)31)21-17-6-4-3-5-15(17)12-32-20-11-16(25)7-8-18(20)21/h3-11,14,21,30H,12-13H2,1-2H3. The molecule has 0 fully saturated rings. The Labute approximate surface area is 188 Å². The molecule has 3 heterocycles. The highest BCUT2D eigenvalue weighted by molar-refractivity contribution is 7.98. The van der Waals surface area contributed by atoms with Crippen LogP contribution in [0.5, 0.6) is 5.75 Å². The molecular weight excluding hydrogens is 429 g/mol. The van der Waals surface area contributed by atoms with Crippen LogP contribution in [-0.2, 0) is 5.75 Å². The molecule has 2 aromatic carbocycles. The maximum Gasteiger partial charge on any atom is 0.278 e. The first-order valence-corrected chi connectivity index (χ1v) is 11.4. The molecule has 6 nitrogen and oxygen atoms in total. The second-order valence-corrected chi connectivity index (χ2v) is 9.26. The summed E-state index contributed by atoms with van der Waals surface area (Å²) in [5, 5.41) is 12.5. The Bertz CT molecular complexity index is 1290. The normalized spacial score (nSPS) is 17.6. The Balaban J connectivity index is 1.79. The van der Waals surface area contributed by atoms with Crippen LogP contribution in [-0.4, -0.2) is 33.3 Å². The molecule has 1 N–H and O–H groups in total. The molecule has 0 saturated heterocycles. The lowest BCUT2D eigenvalue weighted by Crippen LogP contribution is -2.57. The number of pyridine rings is 1. The van der Waals surface area contributed by atoms with Crippen molar-refractivity contribution >= 4 is 17.7 Å². The lowest BCUT2D eigenvalue weighted by Gasteiger charge is -2.45. The molecule has 1 unspecified atom stereocenters. The minimum absolute atomic E-state index is 0.0597. The number of hydrogen-bond acceptors (Lipinski definition) is 5. The fraction of sp³-hybridized carbons (Fsp3) is 0.250. The molecule has 1 atom stereocenters. The van der Waals surface area contributed by atoms with Gasteiger partial charge in [-0.2, -0.15) is 0 Å². The third-order valence-corrected chi connectivity index (χ3v) is 7.14. The fourth-order valence-corrected chi connectivity index (χ4v) is 5.51. The number of thioether (sulfide) groups is 1. The number of aromatic hydroxyl groups is 1. The highest BCUT2D eigenvalue weighted by Crippen LogP contribution is 2.43. The van der Waals surface area contributed by atoms with Gasteiger partial charge in [0.25, 0.3) is 5.91 Å². The summed E-state index contributed by atoms with van der Waals surface area (Å²) in [5.74, 6) is -0.586. The number of halogens is 1. The summed E-state index contributed by atoms with van der Waals surface area (Å²) in [7, 11) is 0. The first-order chi connectivity index (χ1) is 15.4.